The molecule has 3 rings (SSSR count). The first-order chi connectivity index (χ1) is 18.6. The monoisotopic (exact) mass is 545 g/mol. The third kappa shape index (κ3) is 7.98. The molecule has 0 fully saturated rings. The predicted molar refractivity (Wildman–Crippen MR) is 140 cm³/mol. The fourth-order valence-electron chi connectivity index (χ4n) is 3.70. The van der Waals surface area contributed by atoms with Gasteiger partial charge in [0.1, 0.15) is 18.1 Å². The lowest BCUT2D eigenvalue weighted by atomic mass is 9.98. The van der Waals surface area contributed by atoms with Crippen LogP contribution in [0.4, 0.5) is 26.5 Å². The van der Waals surface area contributed by atoms with Crippen molar-refractivity contribution in [1.82, 2.24) is 30.3 Å². The predicted octanol–water partition coefficient (Wildman–Crippen LogP) is 2.55. The molecule has 0 unspecified atom stereocenters. The van der Waals surface area contributed by atoms with Gasteiger partial charge in [-0.3, -0.25) is 4.79 Å². The van der Waals surface area contributed by atoms with Crippen LogP contribution >= 0.6 is 0 Å². The second kappa shape index (κ2) is 13.3. The van der Waals surface area contributed by atoms with Gasteiger partial charge in [-0.1, -0.05) is 13.8 Å². The molecule has 14 nitrogen and oxygen atoms in total. The van der Waals surface area contributed by atoms with E-state index < -0.39 is 29.9 Å². The van der Waals surface area contributed by atoms with Crippen LogP contribution in [0.15, 0.2) is 30.7 Å². The van der Waals surface area contributed by atoms with E-state index in [9.17, 15) is 9.59 Å². The lowest BCUT2D eigenvalue weighted by molar-refractivity contribution is 0.1000. The standard InChI is InChI=1S/C24H32FN9O5/c1-13(2)9-18(14(3)30-24(36)37)32-22-17(25)11-16(20(26)35)21(33-22)31-15-10-19(34-28-5-6-29-34)23(27-12-15)39-8-7-38-4/h5-6,10-14,18,30H,7-9H2,1-4H3,(H2,26,35)(H,36,37)(H2,31,32,33)/t14-,18-/m0/s1. The number of pyridine rings is 2. The number of primary amides is 1. The highest BCUT2D eigenvalue weighted by Crippen LogP contribution is 2.28. The van der Waals surface area contributed by atoms with E-state index >= 15 is 4.39 Å². The van der Waals surface area contributed by atoms with Crippen LogP contribution in [0.3, 0.4) is 0 Å². The third-order valence-corrected chi connectivity index (χ3v) is 5.50. The number of carbonyl (C=O) groups excluding carboxylic acids is 1. The normalized spacial score (nSPS) is 12.6. The maximum atomic E-state index is 15.0. The van der Waals surface area contributed by atoms with E-state index in [-0.39, 0.29) is 35.6 Å². The number of methoxy groups -OCH3 is 1. The summed E-state index contributed by atoms with van der Waals surface area (Å²) in [7, 11) is 1.54. The second-order valence-corrected chi connectivity index (χ2v) is 9.03. The molecule has 0 radical (unpaired) electrons. The zero-order valence-electron chi connectivity index (χ0n) is 22.0. The minimum Gasteiger partial charge on any atom is -0.474 e. The molecule has 0 spiro atoms. The van der Waals surface area contributed by atoms with Gasteiger partial charge >= 0.3 is 6.09 Å². The smallest absolute Gasteiger partial charge is 0.404 e. The molecule has 0 aliphatic rings. The van der Waals surface area contributed by atoms with E-state index in [1.807, 2.05) is 13.8 Å². The summed E-state index contributed by atoms with van der Waals surface area (Å²) in [5.41, 5.74) is 6.04. The van der Waals surface area contributed by atoms with E-state index in [0.717, 1.165) is 6.07 Å². The molecule has 3 heterocycles. The molecule has 39 heavy (non-hydrogen) atoms. The van der Waals surface area contributed by atoms with Crippen molar-refractivity contribution in [2.75, 3.05) is 31.0 Å². The van der Waals surface area contributed by atoms with Crippen molar-refractivity contribution in [3.63, 3.8) is 0 Å². The van der Waals surface area contributed by atoms with E-state index in [2.05, 4.69) is 36.1 Å². The van der Waals surface area contributed by atoms with Gasteiger partial charge in [0, 0.05) is 19.2 Å². The van der Waals surface area contributed by atoms with E-state index in [0.29, 0.717) is 24.4 Å². The van der Waals surface area contributed by atoms with Crippen LogP contribution in [0.5, 0.6) is 5.88 Å². The number of anilines is 3. The van der Waals surface area contributed by atoms with Crippen LogP contribution in [0, 0.1) is 11.7 Å². The van der Waals surface area contributed by atoms with Gasteiger partial charge in [0.15, 0.2) is 11.6 Å². The van der Waals surface area contributed by atoms with Crippen LogP contribution in [-0.2, 0) is 4.74 Å². The average molecular weight is 546 g/mol. The number of carbonyl (C=O) groups is 2. The average Bonchev–Trinajstić information content (AvgIpc) is 3.40. The second-order valence-electron chi connectivity index (χ2n) is 9.03. The summed E-state index contributed by atoms with van der Waals surface area (Å²) in [6.45, 7) is 6.14. The van der Waals surface area contributed by atoms with Crippen LogP contribution < -0.4 is 26.4 Å². The van der Waals surface area contributed by atoms with Crippen LogP contribution in [0.1, 0.15) is 37.6 Å². The maximum absolute atomic E-state index is 15.0. The first-order valence-corrected chi connectivity index (χ1v) is 12.1. The van der Waals surface area contributed by atoms with Crippen molar-refractivity contribution in [1.29, 1.82) is 0 Å². The number of nitrogens with zero attached hydrogens (tertiary/aromatic N) is 5. The van der Waals surface area contributed by atoms with Crippen molar-refractivity contribution < 1.29 is 28.6 Å². The Hall–Kier alpha value is -4.53. The van der Waals surface area contributed by atoms with Crippen molar-refractivity contribution >= 4 is 29.3 Å². The number of hydrogen-bond donors (Lipinski definition) is 5. The molecule has 3 aromatic heterocycles. The molecule has 0 bridgehead atoms. The Labute approximate surface area is 224 Å². The molecule has 15 heteroatoms. The quantitative estimate of drug-likeness (QED) is 0.187. The van der Waals surface area contributed by atoms with Crippen molar-refractivity contribution in [2.45, 2.75) is 39.3 Å². The fraction of sp³-hybridized carbons (Fsp3) is 0.417. The Morgan fingerprint density at radius 1 is 1.15 bits per heavy atom. The van der Waals surface area contributed by atoms with Gasteiger partial charge < -0.3 is 36.3 Å². The number of ether oxygens (including phenoxy) is 2. The molecular formula is C24H32FN9O5. The molecule has 0 aliphatic carbocycles. The topological polar surface area (TPSA) is 191 Å². The highest BCUT2D eigenvalue weighted by atomic mass is 19.1. The molecule has 2 atom stereocenters. The van der Waals surface area contributed by atoms with Crippen LogP contribution in [0.25, 0.3) is 5.69 Å². The van der Waals surface area contributed by atoms with Gasteiger partial charge in [-0.25, -0.2) is 19.2 Å². The lowest BCUT2D eigenvalue weighted by Crippen LogP contribution is -2.45. The number of aromatic nitrogens is 5. The minimum atomic E-state index is -1.21. The molecular weight excluding hydrogens is 513 g/mol. The fourth-order valence-corrected chi connectivity index (χ4v) is 3.70. The molecule has 0 aliphatic heterocycles. The number of halogens is 1. The third-order valence-electron chi connectivity index (χ3n) is 5.50. The van der Waals surface area contributed by atoms with Gasteiger partial charge in [0.25, 0.3) is 5.91 Å². The highest BCUT2D eigenvalue weighted by Gasteiger charge is 2.24. The number of hydrogen-bond acceptors (Lipinski definition) is 10. The summed E-state index contributed by atoms with van der Waals surface area (Å²) in [4.78, 5) is 33.2. The van der Waals surface area contributed by atoms with E-state index in [1.165, 1.54) is 23.4 Å². The summed E-state index contributed by atoms with van der Waals surface area (Å²) >= 11 is 0. The number of nitrogens with two attached hydrogens (primary N) is 1. The molecule has 2 amide bonds. The van der Waals surface area contributed by atoms with Crippen molar-refractivity contribution in [2.24, 2.45) is 11.7 Å². The van der Waals surface area contributed by atoms with Crippen molar-refractivity contribution in [3.8, 4) is 11.6 Å². The van der Waals surface area contributed by atoms with Crippen LogP contribution in [0.2, 0.25) is 0 Å². The largest absolute Gasteiger partial charge is 0.474 e. The molecule has 0 aromatic carbocycles. The van der Waals surface area contributed by atoms with Gasteiger partial charge in [0.2, 0.25) is 5.88 Å². The summed E-state index contributed by atoms with van der Waals surface area (Å²) in [6, 6.07) is 1.50. The highest BCUT2D eigenvalue weighted by molar-refractivity contribution is 5.98. The Bertz CT molecular complexity index is 1270. The number of rotatable bonds is 14. The van der Waals surface area contributed by atoms with Gasteiger partial charge in [-0.15, -0.1) is 4.80 Å². The Balaban J connectivity index is 1.97. The minimum absolute atomic E-state index is 0.0391. The van der Waals surface area contributed by atoms with Gasteiger partial charge in [-0.2, -0.15) is 10.2 Å². The first kappa shape index (κ1) is 29.0. The summed E-state index contributed by atoms with van der Waals surface area (Å²) in [5, 5.41) is 25.7. The van der Waals surface area contributed by atoms with Gasteiger partial charge in [0.05, 0.1) is 36.4 Å². The Morgan fingerprint density at radius 2 is 1.87 bits per heavy atom. The summed E-state index contributed by atoms with van der Waals surface area (Å²) in [6.07, 6.45) is 3.70. The number of nitrogens with one attached hydrogen (secondary N) is 3. The number of carboxylic acid groups (broad SMARTS) is 1. The zero-order valence-corrected chi connectivity index (χ0v) is 22.0. The van der Waals surface area contributed by atoms with Crippen molar-refractivity contribution in [3.05, 3.63) is 42.1 Å². The molecule has 210 valence electrons. The Kier molecular flexibility index (Phi) is 9.92. The molecule has 3 aromatic rings. The molecule has 0 saturated carbocycles. The van der Waals surface area contributed by atoms with E-state index in [1.54, 1.807) is 20.1 Å². The SMILES string of the molecule is COCCOc1ncc(Nc2nc(N[C@@H](CC(C)C)[C@H](C)NC(=O)O)c(F)cc2C(N)=O)cc1-n1nccn1. The molecule has 6 N–H and O–H groups in total. The first-order valence-electron chi connectivity index (χ1n) is 12.1. The van der Waals surface area contributed by atoms with Gasteiger partial charge in [-0.05, 0) is 31.4 Å². The summed E-state index contributed by atoms with van der Waals surface area (Å²) in [5.74, 6) is -1.56. The van der Waals surface area contributed by atoms with E-state index in [4.69, 9.17) is 20.3 Å². The maximum Gasteiger partial charge on any atom is 0.404 e. The Morgan fingerprint density at radius 3 is 2.49 bits per heavy atom. The van der Waals surface area contributed by atoms with Crippen LogP contribution in [-0.4, -0.2) is 74.5 Å². The lowest BCUT2D eigenvalue weighted by Gasteiger charge is -2.27. The molecule has 0 saturated heterocycles. The number of amides is 2. The summed E-state index contributed by atoms with van der Waals surface area (Å²) < 4.78 is 25.7. The zero-order chi connectivity index (χ0) is 28.5.